The van der Waals surface area contributed by atoms with Crippen LogP contribution in [-0.2, 0) is 12.8 Å². The molecule has 1 aromatic carbocycles. The number of fused-ring (bicyclic) bond motifs is 1. The van der Waals surface area contributed by atoms with Crippen LogP contribution in [0.1, 0.15) is 48.8 Å². The maximum Gasteiger partial charge on any atom is 0.263 e. The van der Waals surface area contributed by atoms with Crippen LogP contribution in [0.25, 0.3) is 11.3 Å². The van der Waals surface area contributed by atoms with Crippen molar-refractivity contribution in [2.45, 2.75) is 51.0 Å². The Bertz CT molecular complexity index is 859. The summed E-state index contributed by atoms with van der Waals surface area (Å²) >= 11 is 0. The van der Waals surface area contributed by atoms with E-state index < -0.39 is 6.43 Å². The normalized spacial score (nSPS) is 20.2. The Morgan fingerprint density at radius 1 is 1.14 bits per heavy atom. The van der Waals surface area contributed by atoms with Gasteiger partial charge in [-0.3, -0.25) is 0 Å². The third-order valence-electron chi connectivity index (χ3n) is 5.78. The van der Waals surface area contributed by atoms with Crippen LogP contribution < -0.4 is 5.32 Å². The van der Waals surface area contributed by atoms with Gasteiger partial charge in [-0.25, -0.2) is 8.78 Å². The van der Waals surface area contributed by atoms with Gasteiger partial charge in [0.05, 0.1) is 0 Å². The summed E-state index contributed by atoms with van der Waals surface area (Å²) in [4.78, 5) is 2.32. The van der Waals surface area contributed by atoms with Crippen molar-refractivity contribution in [3.8, 4) is 17.0 Å². The molecule has 2 aromatic rings. The van der Waals surface area contributed by atoms with Gasteiger partial charge in [-0.2, -0.15) is 0 Å². The number of alkyl halides is 2. The van der Waals surface area contributed by atoms with E-state index in [1.54, 1.807) is 0 Å². The molecule has 0 unspecified atom stereocenters. The molecule has 1 aliphatic heterocycles. The fourth-order valence-electron chi connectivity index (χ4n) is 4.34. The number of anilines is 1. The lowest BCUT2D eigenvalue weighted by molar-refractivity contribution is 0.151. The van der Waals surface area contributed by atoms with Crippen LogP contribution in [0.15, 0.2) is 18.2 Å². The Hall–Kier alpha value is -2.28. The fourth-order valence-corrected chi connectivity index (χ4v) is 4.34. The van der Waals surface area contributed by atoms with E-state index in [1.165, 1.54) is 12.1 Å². The summed E-state index contributed by atoms with van der Waals surface area (Å²) in [5, 5.41) is 22.8. The topological polar surface area (TPSA) is 61.3 Å². The molecule has 2 N–H and O–H groups in total. The summed E-state index contributed by atoms with van der Waals surface area (Å²) in [6.45, 7) is 2.10. The second-order valence-corrected chi connectivity index (χ2v) is 7.88. The smallest absolute Gasteiger partial charge is 0.263 e. The van der Waals surface area contributed by atoms with E-state index in [0.717, 1.165) is 74.6 Å². The van der Waals surface area contributed by atoms with E-state index in [0.29, 0.717) is 17.3 Å². The number of nitrogens with one attached hydrogen (secondary N) is 1. The van der Waals surface area contributed by atoms with Gasteiger partial charge in [0.2, 0.25) is 0 Å². The van der Waals surface area contributed by atoms with Gasteiger partial charge in [0.15, 0.2) is 5.82 Å². The molecule has 5 nitrogen and oxygen atoms in total. The van der Waals surface area contributed by atoms with E-state index in [-0.39, 0.29) is 11.3 Å². The predicted molar refractivity (Wildman–Crippen MR) is 105 cm³/mol. The van der Waals surface area contributed by atoms with E-state index in [1.807, 2.05) is 0 Å². The lowest BCUT2D eigenvalue weighted by Gasteiger charge is -2.31. The lowest BCUT2D eigenvalue weighted by Crippen LogP contribution is -2.40. The summed E-state index contributed by atoms with van der Waals surface area (Å²) in [6.07, 6.45) is 3.57. The maximum absolute atomic E-state index is 12.9. The molecule has 0 spiro atoms. The average Bonchev–Trinajstić information content (AvgIpc) is 2.68. The lowest BCUT2D eigenvalue weighted by atomic mass is 9.88. The SMILES string of the molecule is CN1CCC[C@@H](Nc2nnc(-c3ccc(C(F)F)cc3O)c3c2CCCC3)C1. The van der Waals surface area contributed by atoms with Gasteiger partial charge in [-0.05, 0) is 69.8 Å². The first-order valence-electron chi connectivity index (χ1n) is 9.98. The van der Waals surface area contributed by atoms with Crippen LogP contribution in [0.3, 0.4) is 0 Å². The van der Waals surface area contributed by atoms with Crippen molar-refractivity contribution in [2.75, 3.05) is 25.5 Å². The molecule has 1 atom stereocenters. The summed E-state index contributed by atoms with van der Waals surface area (Å²) in [6, 6.07) is 4.35. The van der Waals surface area contributed by atoms with E-state index in [9.17, 15) is 13.9 Å². The average molecular weight is 388 g/mol. The van der Waals surface area contributed by atoms with Crippen molar-refractivity contribution in [1.29, 1.82) is 0 Å². The fraction of sp³-hybridized carbons (Fsp3) is 0.524. The third kappa shape index (κ3) is 3.81. The maximum atomic E-state index is 12.9. The van der Waals surface area contributed by atoms with E-state index in [2.05, 4.69) is 27.5 Å². The predicted octanol–water partition coefficient (Wildman–Crippen LogP) is 4.17. The van der Waals surface area contributed by atoms with Crippen molar-refractivity contribution in [3.63, 3.8) is 0 Å². The monoisotopic (exact) mass is 388 g/mol. The van der Waals surface area contributed by atoms with Crippen LogP contribution in [0.2, 0.25) is 0 Å². The summed E-state index contributed by atoms with van der Waals surface area (Å²) in [5.74, 6) is 0.664. The minimum Gasteiger partial charge on any atom is -0.507 e. The van der Waals surface area contributed by atoms with Crippen LogP contribution in [0.4, 0.5) is 14.6 Å². The standard InChI is InChI=1S/C21H26F2N4O/c1-27-10-4-5-14(12-27)24-21-16-7-3-2-6-15(16)19(25-26-21)17-9-8-13(20(22)23)11-18(17)28/h8-9,11,14,20,28H,2-7,10,12H2,1H3,(H,24,26)/t14-/m1/s1. The number of benzene rings is 1. The number of likely N-dealkylation sites (tertiary alicyclic amines) is 1. The molecular formula is C21H26F2N4O. The number of likely N-dealkylation sites (N-methyl/N-ethyl adjacent to an activating group) is 1. The number of nitrogens with zero attached hydrogens (tertiary/aromatic N) is 3. The van der Waals surface area contributed by atoms with Gasteiger partial charge in [-0.15, -0.1) is 10.2 Å². The molecule has 2 heterocycles. The van der Waals surface area contributed by atoms with Crippen molar-refractivity contribution < 1.29 is 13.9 Å². The number of hydrogen-bond donors (Lipinski definition) is 2. The summed E-state index contributed by atoms with van der Waals surface area (Å²) < 4.78 is 25.8. The Labute approximate surface area is 163 Å². The Kier molecular flexibility index (Phi) is 5.44. The highest BCUT2D eigenvalue weighted by Crippen LogP contribution is 2.38. The number of rotatable bonds is 4. The Morgan fingerprint density at radius 2 is 1.93 bits per heavy atom. The molecule has 1 aliphatic carbocycles. The molecule has 0 saturated carbocycles. The van der Waals surface area contributed by atoms with Gasteiger partial charge >= 0.3 is 0 Å². The molecule has 0 bridgehead atoms. The highest BCUT2D eigenvalue weighted by molar-refractivity contribution is 5.73. The van der Waals surface area contributed by atoms with Crippen LogP contribution in [0, 0.1) is 0 Å². The van der Waals surface area contributed by atoms with Gasteiger partial charge in [0, 0.05) is 29.3 Å². The number of phenolic OH excluding ortho intramolecular Hbond substituents is 1. The number of piperidine rings is 1. The molecular weight excluding hydrogens is 362 g/mol. The third-order valence-corrected chi connectivity index (χ3v) is 5.78. The molecule has 0 amide bonds. The first kappa shape index (κ1) is 19.1. The number of aromatic nitrogens is 2. The minimum absolute atomic E-state index is 0.172. The number of hydrogen-bond acceptors (Lipinski definition) is 5. The molecule has 7 heteroatoms. The summed E-state index contributed by atoms with van der Waals surface area (Å²) in [5.41, 5.74) is 3.12. The Morgan fingerprint density at radius 3 is 2.64 bits per heavy atom. The van der Waals surface area contributed by atoms with Gasteiger partial charge in [0.1, 0.15) is 11.4 Å². The number of phenols is 1. The van der Waals surface area contributed by atoms with Crippen molar-refractivity contribution in [2.24, 2.45) is 0 Å². The second kappa shape index (κ2) is 7.99. The molecule has 4 rings (SSSR count). The first-order valence-corrected chi connectivity index (χ1v) is 9.98. The van der Waals surface area contributed by atoms with Crippen LogP contribution in [-0.4, -0.2) is 46.4 Å². The van der Waals surface area contributed by atoms with Gasteiger partial charge < -0.3 is 15.3 Å². The zero-order valence-electron chi connectivity index (χ0n) is 16.1. The van der Waals surface area contributed by atoms with Gasteiger partial charge in [-0.1, -0.05) is 6.07 Å². The summed E-state index contributed by atoms with van der Waals surface area (Å²) in [7, 11) is 2.13. The molecule has 2 aliphatic rings. The van der Waals surface area contributed by atoms with Crippen molar-refractivity contribution in [1.82, 2.24) is 15.1 Å². The highest BCUT2D eigenvalue weighted by atomic mass is 19.3. The van der Waals surface area contributed by atoms with Crippen molar-refractivity contribution >= 4 is 5.82 Å². The van der Waals surface area contributed by atoms with E-state index >= 15 is 0 Å². The molecule has 150 valence electrons. The minimum atomic E-state index is -2.61. The molecule has 28 heavy (non-hydrogen) atoms. The molecule has 1 aromatic heterocycles. The highest BCUT2D eigenvalue weighted by Gasteiger charge is 2.25. The van der Waals surface area contributed by atoms with Crippen LogP contribution in [0.5, 0.6) is 5.75 Å². The quantitative estimate of drug-likeness (QED) is 0.823. The van der Waals surface area contributed by atoms with E-state index in [4.69, 9.17) is 0 Å². The Balaban J connectivity index is 1.68. The number of aromatic hydroxyl groups is 1. The first-order chi connectivity index (χ1) is 13.5. The largest absolute Gasteiger partial charge is 0.507 e. The molecule has 1 saturated heterocycles. The van der Waals surface area contributed by atoms with Crippen LogP contribution >= 0.6 is 0 Å². The molecule has 1 fully saturated rings. The zero-order chi connectivity index (χ0) is 19.7. The van der Waals surface area contributed by atoms with Gasteiger partial charge in [0.25, 0.3) is 6.43 Å². The second-order valence-electron chi connectivity index (χ2n) is 7.88. The zero-order valence-corrected chi connectivity index (χ0v) is 16.1. The number of halogens is 2. The molecule has 0 radical (unpaired) electrons. The van der Waals surface area contributed by atoms with Crippen molar-refractivity contribution in [3.05, 3.63) is 34.9 Å².